The normalized spacial score (nSPS) is 10.0. The second kappa shape index (κ2) is 8.21. The molecule has 2 aromatic carbocycles. The minimum Gasteiger partial charge on any atom is -0.426 e. The highest BCUT2D eigenvalue weighted by molar-refractivity contribution is 9.10. The Hall–Kier alpha value is -3.26. The molecule has 0 aliphatic heterocycles. The summed E-state index contributed by atoms with van der Waals surface area (Å²) in [6.45, 7) is 0. The molecule has 0 aliphatic carbocycles. The van der Waals surface area contributed by atoms with Crippen LogP contribution in [-0.2, 0) is 0 Å². The van der Waals surface area contributed by atoms with E-state index in [9.17, 15) is 4.79 Å². The number of hydrogen-bond donors (Lipinski definition) is 2. The third kappa shape index (κ3) is 4.87. The Morgan fingerprint density at radius 1 is 0.962 bits per heavy atom. The van der Waals surface area contributed by atoms with Crippen LogP contribution in [0.4, 0.5) is 0 Å². The SMILES string of the molecule is N=C(NC(=O)c1ccccc1)Oc1ccc(Oc2ncc(Br)cn2)cc1. The minimum atomic E-state index is -0.414. The van der Waals surface area contributed by atoms with E-state index in [1.165, 1.54) is 0 Å². The summed E-state index contributed by atoms with van der Waals surface area (Å²) in [6, 6.07) is 14.9. The maximum atomic E-state index is 12.0. The average molecular weight is 413 g/mol. The summed E-state index contributed by atoms with van der Waals surface area (Å²) in [6.07, 6.45) is 3.16. The van der Waals surface area contributed by atoms with Gasteiger partial charge in [0.2, 0.25) is 0 Å². The number of aromatic nitrogens is 2. The topological polar surface area (TPSA) is 97.2 Å². The summed E-state index contributed by atoms with van der Waals surface area (Å²) in [5.74, 6) is 0.481. The van der Waals surface area contributed by atoms with Crippen LogP contribution in [0.2, 0.25) is 0 Å². The van der Waals surface area contributed by atoms with E-state index in [1.54, 1.807) is 60.9 Å². The van der Waals surface area contributed by atoms with Gasteiger partial charge in [0.05, 0.1) is 4.47 Å². The first-order chi connectivity index (χ1) is 12.6. The Morgan fingerprint density at radius 3 is 2.23 bits per heavy atom. The molecule has 3 aromatic rings. The summed E-state index contributed by atoms with van der Waals surface area (Å²) >= 11 is 3.25. The number of amides is 1. The van der Waals surface area contributed by atoms with Crippen molar-refractivity contribution >= 4 is 27.9 Å². The molecule has 0 aliphatic rings. The number of ether oxygens (including phenoxy) is 2. The number of rotatable bonds is 4. The molecule has 130 valence electrons. The van der Waals surface area contributed by atoms with Crippen LogP contribution >= 0.6 is 15.9 Å². The third-order valence-corrected chi connectivity index (χ3v) is 3.52. The van der Waals surface area contributed by atoms with Gasteiger partial charge in [0.15, 0.2) is 0 Å². The Balaban J connectivity index is 1.56. The first-order valence-corrected chi connectivity index (χ1v) is 8.28. The smallest absolute Gasteiger partial charge is 0.321 e. The molecule has 0 unspecified atom stereocenters. The maximum absolute atomic E-state index is 12.0. The Kier molecular flexibility index (Phi) is 5.55. The third-order valence-electron chi connectivity index (χ3n) is 3.11. The Labute approximate surface area is 157 Å². The van der Waals surface area contributed by atoms with Crippen LogP contribution in [0.1, 0.15) is 10.4 Å². The molecule has 0 saturated carbocycles. The quantitative estimate of drug-likeness (QED) is 0.501. The molecule has 26 heavy (non-hydrogen) atoms. The van der Waals surface area contributed by atoms with Crippen LogP contribution in [0.5, 0.6) is 17.5 Å². The highest BCUT2D eigenvalue weighted by Gasteiger charge is 2.09. The molecule has 1 heterocycles. The lowest BCUT2D eigenvalue weighted by atomic mass is 10.2. The highest BCUT2D eigenvalue weighted by atomic mass is 79.9. The molecule has 1 amide bonds. The molecule has 8 heteroatoms. The number of benzene rings is 2. The lowest BCUT2D eigenvalue weighted by Crippen LogP contribution is -2.33. The number of halogens is 1. The van der Waals surface area contributed by atoms with Crippen molar-refractivity contribution < 1.29 is 14.3 Å². The predicted octanol–water partition coefficient (Wildman–Crippen LogP) is 3.77. The van der Waals surface area contributed by atoms with Gasteiger partial charge in [0.25, 0.3) is 11.9 Å². The van der Waals surface area contributed by atoms with E-state index >= 15 is 0 Å². The first-order valence-electron chi connectivity index (χ1n) is 7.48. The van der Waals surface area contributed by atoms with Crippen molar-refractivity contribution in [2.45, 2.75) is 0 Å². The number of nitrogens with zero attached hydrogens (tertiary/aromatic N) is 2. The molecule has 2 N–H and O–H groups in total. The van der Waals surface area contributed by atoms with Crippen LogP contribution in [0.3, 0.4) is 0 Å². The van der Waals surface area contributed by atoms with Crippen LogP contribution in [0, 0.1) is 5.41 Å². The second-order valence-corrected chi connectivity index (χ2v) is 5.92. The molecule has 3 rings (SSSR count). The van der Waals surface area contributed by atoms with Crippen LogP contribution in [0.15, 0.2) is 71.5 Å². The molecular weight excluding hydrogens is 400 g/mol. The first kappa shape index (κ1) is 17.6. The van der Waals surface area contributed by atoms with Crippen molar-refractivity contribution in [3.05, 3.63) is 77.0 Å². The van der Waals surface area contributed by atoms with Crippen molar-refractivity contribution in [3.8, 4) is 17.5 Å². The van der Waals surface area contributed by atoms with Gasteiger partial charge in [-0.2, -0.15) is 0 Å². The van der Waals surface area contributed by atoms with Crippen molar-refractivity contribution in [1.29, 1.82) is 5.41 Å². The minimum absolute atomic E-state index is 0.213. The molecule has 0 saturated heterocycles. The molecule has 0 radical (unpaired) electrons. The van der Waals surface area contributed by atoms with Gasteiger partial charge < -0.3 is 9.47 Å². The molecular formula is C18H13BrN4O3. The van der Waals surface area contributed by atoms with Gasteiger partial charge in [-0.25, -0.2) is 9.97 Å². The summed E-state index contributed by atoms with van der Waals surface area (Å²) in [4.78, 5) is 20.0. The summed E-state index contributed by atoms with van der Waals surface area (Å²) in [5, 5.41) is 10.1. The van der Waals surface area contributed by atoms with Crippen LogP contribution in [0.25, 0.3) is 0 Å². The number of carbonyl (C=O) groups excluding carboxylic acids is 1. The zero-order valence-electron chi connectivity index (χ0n) is 13.3. The lowest BCUT2D eigenvalue weighted by Gasteiger charge is -2.09. The zero-order valence-corrected chi connectivity index (χ0v) is 14.9. The Morgan fingerprint density at radius 2 is 1.58 bits per heavy atom. The summed E-state index contributed by atoms with van der Waals surface area (Å²) in [7, 11) is 0. The fourth-order valence-corrected chi connectivity index (χ4v) is 2.15. The molecule has 0 fully saturated rings. The van der Waals surface area contributed by atoms with Crippen LogP contribution < -0.4 is 14.8 Å². The van der Waals surface area contributed by atoms with Crippen molar-refractivity contribution in [3.63, 3.8) is 0 Å². The van der Waals surface area contributed by atoms with Gasteiger partial charge >= 0.3 is 6.01 Å². The maximum Gasteiger partial charge on any atom is 0.321 e. The molecule has 0 atom stereocenters. The molecule has 0 bridgehead atoms. The van der Waals surface area contributed by atoms with E-state index in [1.807, 2.05) is 6.07 Å². The van der Waals surface area contributed by atoms with Gasteiger partial charge in [0.1, 0.15) is 11.5 Å². The fourth-order valence-electron chi connectivity index (χ4n) is 1.94. The standard InChI is InChI=1S/C18H13BrN4O3/c19-13-10-21-18(22-11-13)26-15-8-6-14(7-9-15)25-17(20)23-16(24)12-4-2-1-3-5-12/h1-11H,(H2,20,23,24). The van der Waals surface area contributed by atoms with Crippen molar-refractivity contribution in [2.75, 3.05) is 0 Å². The number of carbonyl (C=O) groups is 1. The van der Waals surface area contributed by atoms with Gasteiger partial charge in [-0.1, -0.05) is 18.2 Å². The van der Waals surface area contributed by atoms with Crippen molar-refractivity contribution in [1.82, 2.24) is 15.3 Å². The number of hydrogen-bond acceptors (Lipinski definition) is 6. The van der Waals surface area contributed by atoms with Gasteiger partial charge in [-0.3, -0.25) is 15.5 Å². The van der Waals surface area contributed by atoms with E-state index in [0.29, 0.717) is 17.1 Å². The molecule has 1 aromatic heterocycles. The Bertz CT molecular complexity index is 900. The fraction of sp³-hybridized carbons (Fsp3) is 0. The van der Waals surface area contributed by atoms with E-state index in [2.05, 4.69) is 31.2 Å². The zero-order chi connectivity index (χ0) is 18.4. The van der Waals surface area contributed by atoms with E-state index in [0.717, 1.165) is 4.47 Å². The summed E-state index contributed by atoms with van der Waals surface area (Å²) < 4.78 is 11.5. The van der Waals surface area contributed by atoms with Crippen LogP contribution in [-0.4, -0.2) is 21.9 Å². The average Bonchev–Trinajstić information content (AvgIpc) is 2.66. The number of nitrogens with one attached hydrogen (secondary N) is 2. The van der Waals surface area contributed by atoms with E-state index in [-0.39, 0.29) is 12.0 Å². The number of amidine groups is 1. The molecule has 0 spiro atoms. The molecule has 7 nitrogen and oxygen atoms in total. The van der Waals surface area contributed by atoms with Gasteiger partial charge in [-0.15, -0.1) is 0 Å². The van der Waals surface area contributed by atoms with Gasteiger partial charge in [0, 0.05) is 18.0 Å². The largest absolute Gasteiger partial charge is 0.426 e. The van der Waals surface area contributed by atoms with E-state index < -0.39 is 5.91 Å². The highest BCUT2D eigenvalue weighted by Crippen LogP contribution is 2.21. The lowest BCUT2D eigenvalue weighted by molar-refractivity contribution is 0.0971. The van der Waals surface area contributed by atoms with Gasteiger partial charge in [-0.05, 0) is 52.3 Å². The predicted molar refractivity (Wildman–Crippen MR) is 98.5 cm³/mol. The monoisotopic (exact) mass is 412 g/mol. The van der Waals surface area contributed by atoms with E-state index in [4.69, 9.17) is 14.9 Å². The van der Waals surface area contributed by atoms with Crippen molar-refractivity contribution in [2.24, 2.45) is 0 Å². The second-order valence-electron chi connectivity index (χ2n) is 5.01. The summed E-state index contributed by atoms with van der Waals surface area (Å²) in [5.41, 5.74) is 0.444.